The monoisotopic (exact) mass is 330 g/mol. The number of amides is 1. The third kappa shape index (κ3) is 3.13. The topological polar surface area (TPSA) is 64.4 Å². The normalized spacial score (nSPS) is 16.8. The molecule has 0 saturated carbocycles. The lowest BCUT2D eigenvalue weighted by Crippen LogP contribution is -2.58. The van der Waals surface area contributed by atoms with Crippen molar-refractivity contribution in [2.24, 2.45) is 11.1 Å². The number of benzene rings is 1. The summed E-state index contributed by atoms with van der Waals surface area (Å²) < 4.78 is 19.4. The van der Waals surface area contributed by atoms with Crippen molar-refractivity contribution in [2.45, 2.75) is 6.42 Å². The Labute approximate surface area is 119 Å². The maximum atomic E-state index is 13.5. The molecule has 0 aromatic heterocycles. The van der Waals surface area contributed by atoms with Crippen LogP contribution in [0.15, 0.2) is 22.7 Å². The number of carbonyl (C=O) groups is 1. The zero-order valence-electron chi connectivity index (χ0n) is 10.4. The van der Waals surface area contributed by atoms with Gasteiger partial charge in [0.2, 0.25) is 5.91 Å². The molecule has 19 heavy (non-hydrogen) atoms. The van der Waals surface area contributed by atoms with E-state index in [2.05, 4.69) is 21.2 Å². The highest BCUT2D eigenvalue weighted by Gasteiger charge is 2.44. The molecule has 2 rings (SSSR count). The standard InChI is InChI=1S/C13H16BrFN2O2/c14-10-1-2-11(15)9(5-10)3-4-17-12(18)13(6-16)7-19-8-13/h1-2,5H,3-4,6-8,16H2,(H,17,18). The highest BCUT2D eigenvalue weighted by atomic mass is 79.9. The van der Waals surface area contributed by atoms with Crippen LogP contribution in [0.25, 0.3) is 0 Å². The molecule has 0 unspecified atom stereocenters. The number of rotatable bonds is 5. The van der Waals surface area contributed by atoms with Crippen LogP contribution in [0.2, 0.25) is 0 Å². The van der Waals surface area contributed by atoms with E-state index in [1.807, 2.05) is 0 Å². The predicted octanol–water partition coefficient (Wildman–Crippen LogP) is 1.22. The second-order valence-corrected chi connectivity index (χ2v) is 5.63. The van der Waals surface area contributed by atoms with Gasteiger partial charge in [0.15, 0.2) is 0 Å². The van der Waals surface area contributed by atoms with Gasteiger partial charge in [-0.3, -0.25) is 4.79 Å². The zero-order chi connectivity index (χ0) is 13.9. The highest BCUT2D eigenvalue weighted by molar-refractivity contribution is 9.10. The highest BCUT2D eigenvalue weighted by Crippen LogP contribution is 2.26. The average Bonchev–Trinajstić information content (AvgIpc) is 2.33. The van der Waals surface area contributed by atoms with Crippen LogP contribution in [-0.4, -0.2) is 32.2 Å². The summed E-state index contributed by atoms with van der Waals surface area (Å²) in [5, 5.41) is 2.79. The molecule has 3 N–H and O–H groups in total. The van der Waals surface area contributed by atoms with Crippen molar-refractivity contribution < 1.29 is 13.9 Å². The summed E-state index contributed by atoms with van der Waals surface area (Å²) in [6.45, 7) is 1.37. The van der Waals surface area contributed by atoms with Gasteiger partial charge < -0.3 is 15.8 Å². The van der Waals surface area contributed by atoms with Crippen LogP contribution < -0.4 is 11.1 Å². The number of nitrogens with one attached hydrogen (secondary N) is 1. The fourth-order valence-corrected chi connectivity index (χ4v) is 2.33. The fourth-order valence-electron chi connectivity index (χ4n) is 1.92. The third-order valence-corrected chi connectivity index (χ3v) is 3.81. The first-order chi connectivity index (χ1) is 9.07. The molecule has 1 aromatic carbocycles. The summed E-state index contributed by atoms with van der Waals surface area (Å²) in [4.78, 5) is 11.9. The zero-order valence-corrected chi connectivity index (χ0v) is 12.0. The van der Waals surface area contributed by atoms with Gasteiger partial charge in [-0.15, -0.1) is 0 Å². The van der Waals surface area contributed by atoms with Gasteiger partial charge in [-0.1, -0.05) is 15.9 Å². The molecule has 0 atom stereocenters. The van der Waals surface area contributed by atoms with E-state index >= 15 is 0 Å². The number of halogens is 2. The van der Waals surface area contributed by atoms with Crippen molar-refractivity contribution in [1.82, 2.24) is 5.32 Å². The molecule has 0 aliphatic carbocycles. The SMILES string of the molecule is NCC1(C(=O)NCCc2cc(Br)ccc2F)COC1. The van der Waals surface area contributed by atoms with Gasteiger partial charge in [0.05, 0.1) is 13.2 Å². The Morgan fingerprint density at radius 3 is 2.84 bits per heavy atom. The molecule has 4 nitrogen and oxygen atoms in total. The Morgan fingerprint density at radius 2 is 2.26 bits per heavy atom. The van der Waals surface area contributed by atoms with Crippen molar-refractivity contribution >= 4 is 21.8 Å². The van der Waals surface area contributed by atoms with Gasteiger partial charge in [0.1, 0.15) is 11.2 Å². The predicted molar refractivity (Wildman–Crippen MR) is 73.1 cm³/mol. The molecule has 1 amide bonds. The lowest BCUT2D eigenvalue weighted by Gasteiger charge is -2.38. The molecule has 1 aromatic rings. The second-order valence-electron chi connectivity index (χ2n) is 4.72. The number of hydrogen-bond acceptors (Lipinski definition) is 3. The molecule has 1 aliphatic rings. The first-order valence-corrected chi connectivity index (χ1v) is 6.87. The van der Waals surface area contributed by atoms with Crippen molar-refractivity contribution in [1.29, 1.82) is 0 Å². The Hall–Kier alpha value is -0.980. The van der Waals surface area contributed by atoms with Crippen molar-refractivity contribution in [3.63, 3.8) is 0 Å². The van der Waals surface area contributed by atoms with Crippen molar-refractivity contribution in [3.8, 4) is 0 Å². The van der Waals surface area contributed by atoms with Crippen LogP contribution in [0.4, 0.5) is 4.39 Å². The van der Waals surface area contributed by atoms with Crippen molar-refractivity contribution in [3.05, 3.63) is 34.1 Å². The Balaban J connectivity index is 1.86. The molecule has 1 fully saturated rings. The van der Waals surface area contributed by atoms with Crippen molar-refractivity contribution in [2.75, 3.05) is 26.3 Å². The van der Waals surface area contributed by atoms with Gasteiger partial charge in [-0.2, -0.15) is 0 Å². The quantitative estimate of drug-likeness (QED) is 0.853. The van der Waals surface area contributed by atoms with Crippen LogP contribution in [0.5, 0.6) is 0 Å². The van der Waals surface area contributed by atoms with E-state index in [0.717, 1.165) is 4.47 Å². The number of nitrogens with two attached hydrogens (primary N) is 1. The maximum Gasteiger partial charge on any atom is 0.232 e. The summed E-state index contributed by atoms with van der Waals surface area (Å²) in [7, 11) is 0. The fraction of sp³-hybridized carbons (Fsp3) is 0.462. The first-order valence-electron chi connectivity index (χ1n) is 6.07. The molecular weight excluding hydrogens is 315 g/mol. The van der Waals surface area contributed by atoms with Crippen LogP contribution in [0.1, 0.15) is 5.56 Å². The van der Waals surface area contributed by atoms with Crippen LogP contribution in [0, 0.1) is 11.2 Å². The number of carbonyl (C=O) groups excluding carboxylic acids is 1. The molecule has 0 radical (unpaired) electrons. The summed E-state index contributed by atoms with van der Waals surface area (Å²) in [6, 6.07) is 4.77. The third-order valence-electron chi connectivity index (χ3n) is 3.32. The Bertz CT molecular complexity index is 472. The van der Waals surface area contributed by atoms with Crippen LogP contribution in [0.3, 0.4) is 0 Å². The van der Waals surface area contributed by atoms with Gasteiger partial charge >= 0.3 is 0 Å². The van der Waals surface area contributed by atoms with E-state index in [4.69, 9.17) is 10.5 Å². The largest absolute Gasteiger partial charge is 0.379 e. The van der Waals surface area contributed by atoms with E-state index in [0.29, 0.717) is 31.7 Å². The van der Waals surface area contributed by atoms with E-state index in [1.165, 1.54) is 6.07 Å². The summed E-state index contributed by atoms with van der Waals surface area (Å²) >= 11 is 3.29. The Kier molecular flexibility index (Phi) is 4.54. The average molecular weight is 331 g/mol. The van der Waals surface area contributed by atoms with Gasteiger partial charge in [0.25, 0.3) is 0 Å². The van der Waals surface area contributed by atoms with E-state index in [1.54, 1.807) is 12.1 Å². The molecule has 0 spiro atoms. The number of hydrogen-bond donors (Lipinski definition) is 2. The van der Waals surface area contributed by atoms with E-state index in [-0.39, 0.29) is 18.3 Å². The maximum absolute atomic E-state index is 13.5. The van der Waals surface area contributed by atoms with Gasteiger partial charge in [-0.05, 0) is 30.2 Å². The minimum Gasteiger partial charge on any atom is -0.379 e. The van der Waals surface area contributed by atoms with Gasteiger partial charge in [-0.25, -0.2) is 4.39 Å². The minimum absolute atomic E-state index is 0.114. The second kappa shape index (κ2) is 5.98. The summed E-state index contributed by atoms with van der Waals surface area (Å²) in [5.74, 6) is -0.380. The minimum atomic E-state index is -0.587. The molecule has 6 heteroatoms. The first kappa shape index (κ1) is 14.4. The Morgan fingerprint density at radius 1 is 1.53 bits per heavy atom. The van der Waals surface area contributed by atoms with Crippen LogP contribution >= 0.6 is 15.9 Å². The summed E-state index contributed by atoms with van der Waals surface area (Å²) in [5.41, 5.74) is 5.57. The van der Waals surface area contributed by atoms with Crippen LogP contribution in [-0.2, 0) is 16.0 Å². The number of ether oxygens (including phenoxy) is 1. The molecular formula is C13H16BrFN2O2. The molecule has 0 bridgehead atoms. The smallest absolute Gasteiger partial charge is 0.232 e. The van der Waals surface area contributed by atoms with Gasteiger partial charge in [0, 0.05) is 17.6 Å². The molecule has 1 aliphatic heterocycles. The molecule has 1 saturated heterocycles. The van der Waals surface area contributed by atoms with E-state index in [9.17, 15) is 9.18 Å². The summed E-state index contributed by atoms with van der Waals surface area (Å²) in [6.07, 6.45) is 0.443. The lowest BCUT2D eigenvalue weighted by molar-refractivity contribution is -0.159. The van der Waals surface area contributed by atoms with E-state index < -0.39 is 5.41 Å². The molecule has 1 heterocycles. The lowest BCUT2D eigenvalue weighted by atomic mass is 9.85. The molecule has 104 valence electrons.